The molecule has 0 fully saturated rings. The lowest BCUT2D eigenvalue weighted by Gasteiger charge is -2.38. The number of nitrogens with two attached hydrogens (primary N) is 1. The van der Waals surface area contributed by atoms with Crippen molar-refractivity contribution in [3.05, 3.63) is 71.8 Å². The van der Waals surface area contributed by atoms with Crippen molar-refractivity contribution in [2.24, 2.45) is 11.1 Å². The van der Waals surface area contributed by atoms with Crippen molar-refractivity contribution in [1.29, 1.82) is 0 Å². The van der Waals surface area contributed by atoms with Crippen molar-refractivity contribution in [3.8, 4) is 0 Å². The van der Waals surface area contributed by atoms with Gasteiger partial charge in [-0.25, -0.2) is 0 Å². The van der Waals surface area contributed by atoms with Gasteiger partial charge >= 0.3 is 0 Å². The molecule has 2 nitrogen and oxygen atoms in total. The number of hydrogen-bond donors (Lipinski definition) is 2. The predicted octanol–water partition coefficient (Wildman–Crippen LogP) is 3.69. The molecule has 0 amide bonds. The number of hydrogen-bond acceptors (Lipinski definition) is 2. The highest BCUT2D eigenvalue weighted by molar-refractivity contribution is 5.38. The maximum absolute atomic E-state index is 11.5. The molecule has 0 spiro atoms. The Morgan fingerprint density at radius 1 is 0.857 bits per heavy atom. The van der Waals surface area contributed by atoms with E-state index in [0.717, 1.165) is 17.5 Å². The number of benzene rings is 2. The van der Waals surface area contributed by atoms with Crippen LogP contribution in [0.5, 0.6) is 0 Å². The lowest BCUT2D eigenvalue weighted by Crippen LogP contribution is -2.48. The van der Waals surface area contributed by atoms with Crippen LogP contribution in [0.15, 0.2) is 60.7 Å². The molecule has 0 aliphatic rings. The normalized spacial score (nSPS) is 14.0. The van der Waals surface area contributed by atoms with Gasteiger partial charge in [0.05, 0.1) is 0 Å². The molecule has 0 saturated carbocycles. The van der Waals surface area contributed by atoms with E-state index in [1.807, 2.05) is 60.7 Å². The predicted molar refractivity (Wildman–Crippen MR) is 87.9 cm³/mol. The molecule has 1 atom stereocenters. The minimum absolute atomic E-state index is 0.0525. The largest absolute Gasteiger partial charge is 0.379 e. The molecule has 0 heterocycles. The molecule has 0 saturated heterocycles. The highest BCUT2D eigenvalue weighted by atomic mass is 16.3. The van der Waals surface area contributed by atoms with Gasteiger partial charge in [-0.2, -0.15) is 0 Å². The first kappa shape index (κ1) is 15.7. The molecule has 112 valence electrons. The molecule has 0 aliphatic heterocycles. The molecule has 2 rings (SSSR count). The molecule has 2 heteroatoms. The summed E-state index contributed by atoms with van der Waals surface area (Å²) in [5.74, 6) is 0. The van der Waals surface area contributed by atoms with Crippen LogP contribution >= 0.6 is 0 Å². The van der Waals surface area contributed by atoms with E-state index in [1.165, 1.54) is 0 Å². The molecule has 0 aliphatic carbocycles. The van der Waals surface area contributed by atoms with Crippen molar-refractivity contribution in [2.75, 3.05) is 0 Å². The molecule has 0 radical (unpaired) electrons. The number of aliphatic hydroxyl groups is 1. The minimum atomic E-state index is -1.17. The van der Waals surface area contributed by atoms with E-state index < -0.39 is 5.60 Å². The summed E-state index contributed by atoms with van der Waals surface area (Å²) in [6.07, 6.45) is 0.729. The van der Waals surface area contributed by atoms with E-state index in [2.05, 4.69) is 20.8 Å². The monoisotopic (exact) mass is 283 g/mol. The third kappa shape index (κ3) is 3.52. The first-order valence-electron chi connectivity index (χ1n) is 7.43. The van der Waals surface area contributed by atoms with Crippen LogP contribution in [-0.4, -0.2) is 11.1 Å². The summed E-state index contributed by atoms with van der Waals surface area (Å²) in [5.41, 5.74) is 7.02. The Labute approximate surface area is 127 Å². The van der Waals surface area contributed by atoms with Gasteiger partial charge in [0.15, 0.2) is 0 Å². The zero-order valence-electron chi connectivity index (χ0n) is 13.1. The van der Waals surface area contributed by atoms with Crippen molar-refractivity contribution in [3.63, 3.8) is 0 Å². The van der Waals surface area contributed by atoms with Crippen LogP contribution in [0.3, 0.4) is 0 Å². The van der Waals surface area contributed by atoms with E-state index in [1.54, 1.807) is 0 Å². The third-order valence-electron chi connectivity index (χ3n) is 3.80. The zero-order valence-corrected chi connectivity index (χ0v) is 13.1. The Morgan fingerprint density at radius 2 is 1.24 bits per heavy atom. The SMILES string of the molecule is CC(C)(C)C[C@H](N)C(O)(c1ccccc1)c1ccccc1. The van der Waals surface area contributed by atoms with Crippen LogP contribution in [0, 0.1) is 5.41 Å². The maximum Gasteiger partial charge on any atom is 0.130 e. The van der Waals surface area contributed by atoms with Gasteiger partial charge in [-0.15, -0.1) is 0 Å². The second-order valence-corrected chi connectivity index (χ2v) is 6.87. The zero-order chi connectivity index (χ0) is 15.5. The molecule has 2 aromatic carbocycles. The van der Waals surface area contributed by atoms with Gasteiger partial charge in [0, 0.05) is 6.04 Å². The Bertz CT molecular complexity index is 518. The van der Waals surface area contributed by atoms with Gasteiger partial charge in [-0.3, -0.25) is 0 Å². The van der Waals surface area contributed by atoms with E-state index in [4.69, 9.17) is 5.73 Å². The fraction of sp³-hybridized carbons (Fsp3) is 0.368. The minimum Gasteiger partial charge on any atom is -0.379 e. The van der Waals surface area contributed by atoms with Crippen LogP contribution in [-0.2, 0) is 5.60 Å². The summed E-state index contributed by atoms with van der Waals surface area (Å²) in [7, 11) is 0. The van der Waals surface area contributed by atoms with Gasteiger partial charge in [0.25, 0.3) is 0 Å². The van der Waals surface area contributed by atoms with Crippen LogP contribution < -0.4 is 5.73 Å². The molecule has 3 N–H and O–H groups in total. The maximum atomic E-state index is 11.5. The molecule has 2 aromatic rings. The van der Waals surface area contributed by atoms with E-state index in [9.17, 15) is 5.11 Å². The molecular formula is C19H25NO. The molecule has 0 aromatic heterocycles. The summed E-state index contributed by atoms with van der Waals surface area (Å²) in [4.78, 5) is 0. The van der Waals surface area contributed by atoms with Gasteiger partial charge in [0.2, 0.25) is 0 Å². The topological polar surface area (TPSA) is 46.2 Å². The van der Waals surface area contributed by atoms with Crippen molar-refractivity contribution in [1.82, 2.24) is 0 Å². The Balaban J connectivity index is 2.50. The Kier molecular flexibility index (Phi) is 4.50. The van der Waals surface area contributed by atoms with E-state index in [-0.39, 0.29) is 11.5 Å². The van der Waals surface area contributed by atoms with Crippen molar-refractivity contribution >= 4 is 0 Å². The summed E-state index contributed by atoms with van der Waals surface area (Å²) < 4.78 is 0. The fourth-order valence-electron chi connectivity index (χ4n) is 2.79. The highest BCUT2D eigenvalue weighted by Gasteiger charge is 2.39. The smallest absolute Gasteiger partial charge is 0.130 e. The lowest BCUT2D eigenvalue weighted by atomic mass is 9.74. The average Bonchev–Trinajstić information content (AvgIpc) is 2.46. The standard InChI is InChI=1S/C19H25NO/c1-18(2,3)14-17(20)19(21,15-10-6-4-7-11-15)16-12-8-5-9-13-16/h4-13,17,21H,14,20H2,1-3H3/t17-/m0/s1. The van der Waals surface area contributed by atoms with Crippen LogP contribution in [0.1, 0.15) is 38.3 Å². The van der Waals surface area contributed by atoms with E-state index in [0.29, 0.717) is 0 Å². The van der Waals surface area contributed by atoms with Crippen LogP contribution in [0.2, 0.25) is 0 Å². The molecule has 21 heavy (non-hydrogen) atoms. The fourth-order valence-corrected chi connectivity index (χ4v) is 2.79. The quantitative estimate of drug-likeness (QED) is 0.899. The number of rotatable bonds is 4. The van der Waals surface area contributed by atoms with E-state index >= 15 is 0 Å². The van der Waals surface area contributed by atoms with Gasteiger partial charge < -0.3 is 10.8 Å². The first-order chi connectivity index (χ1) is 9.84. The van der Waals surface area contributed by atoms with Crippen LogP contribution in [0.4, 0.5) is 0 Å². The summed E-state index contributed by atoms with van der Waals surface area (Å²) in [5, 5.41) is 11.5. The average molecular weight is 283 g/mol. The molecule has 0 bridgehead atoms. The summed E-state index contributed by atoms with van der Waals surface area (Å²) >= 11 is 0. The van der Waals surface area contributed by atoms with Gasteiger partial charge in [-0.05, 0) is 23.0 Å². The second kappa shape index (κ2) is 6.00. The third-order valence-corrected chi connectivity index (χ3v) is 3.80. The summed E-state index contributed by atoms with van der Waals surface area (Å²) in [6, 6.07) is 19.0. The Morgan fingerprint density at radius 3 is 1.57 bits per heavy atom. The lowest BCUT2D eigenvalue weighted by molar-refractivity contribution is 0.0366. The first-order valence-corrected chi connectivity index (χ1v) is 7.43. The molecular weight excluding hydrogens is 258 g/mol. The van der Waals surface area contributed by atoms with Crippen molar-refractivity contribution in [2.45, 2.75) is 38.8 Å². The van der Waals surface area contributed by atoms with Crippen molar-refractivity contribution < 1.29 is 5.11 Å². The second-order valence-electron chi connectivity index (χ2n) is 6.87. The highest BCUT2D eigenvalue weighted by Crippen LogP contribution is 2.36. The Hall–Kier alpha value is -1.64. The van der Waals surface area contributed by atoms with Crippen LogP contribution in [0.25, 0.3) is 0 Å². The summed E-state index contributed by atoms with van der Waals surface area (Å²) in [6.45, 7) is 6.43. The van der Waals surface area contributed by atoms with Gasteiger partial charge in [-0.1, -0.05) is 81.4 Å². The molecule has 0 unspecified atom stereocenters. The van der Waals surface area contributed by atoms with Gasteiger partial charge in [0.1, 0.15) is 5.60 Å².